The van der Waals surface area contributed by atoms with Crippen molar-refractivity contribution in [1.29, 1.82) is 0 Å². The first kappa shape index (κ1) is 21.7. The molecule has 26 heavy (non-hydrogen) atoms. The summed E-state index contributed by atoms with van der Waals surface area (Å²) in [7, 11) is 0. The predicted molar refractivity (Wildman–Crippen MR) is 108 cm³/mol. The normalized spacial score (nSPS) is 11.8. The van der Waals surface area contributed by atoms with E-state index in [0.717, 1.165) is 5.56 Å². The molecular weight excluding hydrogens is 350 g/mol. The standard InChI is InChI=1S/C20H25N3O2.ClH/c1-20(2,3)23-18(24)15-10-7-11-16(13-15)22-19(25)17(21)12-14-8-5-4-6-9-14;/h4-11,13,17H,12,21H2,1-3H3,(H,22,25)(H,23,24);1H/t17-;/m0./s1. The summed E-state index contributed by atoms with van der Waals surface area (Å²) in [5.41, 5.74) is 7.71. The summed E-state index contributed by atoms with van der Waals surface area (Å²) in [6.45, 7) is 5.75. The lowest BCUT2D eigenvalue weighted by Crippen LogP contribution is -2.40. The average Bonchev–Trinajstić information content (AvgIpc) is 2.54. The zero-order chi connectivity index (χ0) is 18.4. The molecule has 5 nitrogen and oxygen atoms in total. The van der Waals surface area contributed by atoms with Gasteiger partial charge >= 0.3 is 0 Å². The molecule has 0 saturated heterocycles. The Morgan fingerprint density at radius 3 is 2.31 bits per heavy atom. The average molecular weight is 376 g/mol. The minimum atomic E-state index is -0.658. The third-order valence-corrected chi connectivity index (χ3v) is 3.52. The van der Waals surface area contributed by atoms with E-state index < -0.39 is 6.04 Å². The van der Waals surface area contributed by atoms with Gasteiger partial charge in [0.15, 0.2) is 0 Å². The van der Waals surface area contributed by atoms with Gasteiger partial charge in [0.05, 0.1) is 6.04 Å². The van der Waals surface area contributed by atoms with Crippen molar-refractivity contribution in [2.24, 2.45) is 5.73 Å². The Kier molecular flexibility index (Phi) is 7.80. The lowest BCUT2D eigenvalue weighted by atomic mass is 10.1. The van der Waals surface area contributed by atoms with Crippen LogP contribution in [-0.2, 0) is 11.2 Å². The summed E-state index contributed by atoms with van der Waals surface area (Å²) >= 11 is 0. The third-order valence-electron chi connectivity index (χ3n) is 3.52. The van der Waals surface area contributed by atoms with Gasteiger partial charge in [-0.25, -0.2) is 0 Å². The van der Waals surface area contributed by atoms with Crippen LogP contribution in [0.15, 0.2) is 54.6 Å². The fourth-order valence-corrected chi connectivity index (χ4v) is 2.35. The van der Waals surface area contributed by atoms with E-state index >= 15 is 0 Å². The molecule has 0 aromatic heterocycles. The molecule has 140 valence electrons. The number of carbonyl (C=O) groups is 2. The Labute approximate surface area is 160 Å². The largest absolute Gasteiger partial charge is 0.347 e. The fourth-order valence-electron chi connectivity index (χ4n) is 2.35. The van der Waals surface area contributed by atoms with E-state index in [9.17, 15) is 9.59 Å². The molecule has 4 N–H and O–H groups in total. The van der Waals surface area contributed by atoms with Crippen LogP contribution in [0.25, 0.3) is 0 Å². The molecule has 0 spiro atoms. The lowest BCUT2D eigenvalue weighted by molar-refractivity contribution is -0.117. The second-order valence-electron chi connectivity index (χ2n) is 7.07. The summed E-state index contributed by atoms with van der Waals surface area (Å²) in [6.07, 6.45) is 0.455. The van der Waals surface area contributed by atoms with Crippen LogP contribution in [0.2, 0.25) is 0 Å². The maximum absolute atomic E-state index is 12.3. The van der Waals surface area contributed by atoms with Gasteiger partial charge in [0.2, 0.25) is 5.91 Å². The van der Waals surface area contributed by atoms with Gasteiger partial charge in [-0.2, -0.15) is 0 Å². The Balaban J connectivity index is 0.00000338. The van der Waals surface area contributed by atoms with E-state index in [1.807, 2.05) is 51.1 Å². The van der Waals surface area contributed by atoms with Crippen molar-refractivity contribution in [2.75, 3.05) is 5.32 Å². The summed E-state index contributed by atoms with van der Waals surface area (Å²) in [4.78, 5) is 24.5. The van der Waals surface area contributed by atoms with Gasteiger partial charge in [0, 0.05) is 16.8 Å². The highest BCUT2D eigenvalue weighted by Gasteiger charge is 2.17. The highest BCUT2D eigenvalue weighted by Crippen LogP contribution is 2.13. The number of halogens is 1. The number of anilines is 1. The van der Waals surface area contributed by atoms with Crippen molar-refractivity contribution in [3.8, 4) is 0 Å². The molecular formula is C20H26ClN3O2. The zero-order valence-corrected chi connectivity index (χ0v) is 16.1. The van der Waals surface area contributed by atoms with Crippen molar-refractivity contribution in [2.45, 2.75) is 38.8 Å². The maximum atomic E-state index is 12.3. The van der Waals surface area contributed by atoms with Crippen LogP contribution in [0.3, 0.4) is 0 Å². The first-order valence-corrected chi connectivity index (χ1v) is 8.27. The quantitative estimate of drug-likeness (QED) is 0.750. The lowest BCUT2D eigenvalue weighted by Gasteiger charge is -2.20. The Hall–Kier alpha value is -2.37. The number of nitrogens with one attached hydrogen (secondary N) is 2. The summed E-state index contributed by atoms with van der Waals surface area (Å²) < 4.78 is 0. The van der Waals surface area contributed by atoms with Crippen molar-refractivity contribution in [3.05, 3.63) is 65.7 Å². The molecule has 0 bridgehead atoms. The molecule has 0 radical (unpaired) electrons. The summed E-state index contributed by atoms with van der Waals surface area (Å²) in [6, 6.07) is 15.8. The number of hydrogen-bond donors (Lipinski definition) is 3. The van der Waals surface area contributed by atoms with Crippen LogP contribution in [0, 0.1) is 0 Å². The molecule has 0 heterocycles. The van der Waals surface area contributed by atoms with Gasteiger partial charge in [0.1, 0.15) is 0 Å². The van der Waals surface area contributed by atoms with Crippen LogP contribution in [0.1, 0.15) is 36.7 Å². The number of benzene rings is 2. The summed E-state index contributed by atoms with van der Waals surface area (Å²) in [5, 5.41) is 5.67. The first-order valence-electron chi connectivity index (χ1n) is 8.27. The zero-order valence-electron chi connectivity index (χ0n) is 15.3. The Morgan fingerprint density at radius 1 is 1.04 bits per heavy atom. The smallest absolute Gasteiger partial charge is 0.251 e. The molecule has 0 aliphatic heterocycles. The minimum Gasteiger partial charge on any atom is -0.347 e. The maximum Gasteiger partial charge on any atom is 0.251 e. The second-order valence-corrected chi connectivity index (χ2v) is 7.07. The summed E-state index contributed by atoms with van der Waals surface area (Å²) in [5.74, 6) is -0.464. The number of rotatable bonds is 5. The van der Waals surface area contributed by atoms with Crippen molar-refractivity contribution >= 4 is 29.9 Å². The first-order chi connectivity index (χ1) is 11.7. The predicted octanol–water partition coefficient (Wildman–Crippen LogP) is 3.15. The number of nitrogens with two attached hydrogens (primary N) is 1. The number of hydrogen-bond acceptors (Lipinski definition) is 3. The van der Waals surface area contributed by atoms with E-state index in [0.29, 0.717) is 17.7 Å². The highest BCUT2D eigenvalue weighted by molar-refractivity contribution is 5.98. The third kappa shape index (κ3) is 6.86. The van der Waals surface area contributed by atoms with Gasteiger partial charge < -0.3 is 16.4 Å². The molecule has 0 saturated carbocycles. The molecule has 2 rings (SSSR count). The highest BCUT2D eigenvalue weighted by atomic mass is 35.5. The SMILES string of the molecule is CC(C)(C)NC(=O)c1cccc(NC(=O)[C@@H](N)Cc2ccccc2)c1.Cl. The van der Waals surface area contributed by atoms with Gasteiger partial charge in [0.25, 0.3) is 5.91 Å². The van der Waals surface area contributed by atoms with Gasteiger partial charge in [-0.3, -0.25) is 9.59 Å². The topological polar surface area (TPSA) is 84.2 Å². The second kappa shape index (κ2) is 9.36. The van der Waals surface area contributed by atoms with Crippen LogP contribution in [0.5, 0.6) is 0 Å². The van der Waals surface area contributed by atoms with E-state index in [1.165, 1.54) is 0 Å². The van der Waals surface area contributed by atoms with E-state index in [-0.39, 0.29) is 29.8 Å². The molecule has 0 aliphatic carbocycles. The Morgan fingerprint density at radius 2 is 1.69 bits per heavy atom. The van der Waals surface area contributed by atoms with Crippen LogP contribution in [-0.4, -0.2) is 23.4 Å². The minimum absolute atomic E-state index is 0. The molecule has 0 aliphatic rings. The fraction of sp³-hybridized carbons (Fsp3) is 0.300. The Bertz CT molecular complexity index is 742. The molecule has 2 amide bonds. The molecule has 0 fully saturated rings. The molecule has 0 unspecified atom stereocenters. The van der Waals surface area contributed by atoms with E-state index in [4.69, 9.17) is 5.73 Å². The van der Waals surface area contributed by atoms with Crippen molar-refractivity contribution in [3.63, 3.8) is 0 Å². The molecule has 2 aromatic rings. The molecule has 2 aromatic carbocycles. The van der Waals surface area contributed by atoms with Crippen LogP contribution >= 0.6 is 12.4 Å². The number of amides is 2. The van der Waals surface area contributed by atoms with Crippen LogP contribution < -0.4 is 16.4 Å². The van der Waals surface area contributed by atoms with E-state index in [2.05, 4.69) is 10.6 Å². The van der Waals surface area contributed by atoms with Crippen LogP contribution in [0.4, 0.5) is 5.69 Å². The van der Waals surface area contributed by atoms with Crippen molar-refractivity contribution in [1.82, 2.24) is 5.32 Å². The van der Waals surface area contributed by atoms with Crippen molar-refractivity contribution < 1.29 is 9.59 Å². The molecule has 1 atom stereocenters. The number of carbonyl (C=O) groups excluding carboxylic acids is 2. The van der Waals surface area contributed by atoms with E-state index in [1.54, 1.807) is 24.3 Å². The van der Waals surface area contributed by atoms with Gasteiger partial charge in [-0.1, -0.05) is 36.4 Å². The molecule has 6 heteroatoms. The monoisotopic (exact) mass is 375 g/mol. The van der Waals surface area contributed by atoms with Gasteiger partial charge in [-0.15, -0.1) is 12.4 Å². The van der Waals surface area contributed by atoms with Gasteiger partial charge in [-0.05, 0) is 51.0 Å².